The third-order valence-corrected chi connectivity index (χ3v) is 4.69. The zero-order chi connectivity index (χ0) is 15.5. The highest BCUT2D eigenvalue weighted by Gasteiger charge is 2.26. The Hall–Kier alpha value is -1.94. The van der Waals surface area contributed by atoms with Crippen molar-refractivity contribution in [2.75, 3.05) is 26.7 Å². The molecule has 0 bridgehead atoms. The molecule has 1 aromatic carbocycles. The summed E-state index contributed by atoms with van der Waals surface area (Å²) >= 11 is 0. The van der Waals surface area contributed by atoms with Crippen molar-refractivity contribution in [3.8, 4) is 0 Å². The molecule has 0 N–H and O–H groups in total. The van der Waals surface area contributed by atoms with E-state index in [0.29, 0.717) is 11.7 Å². The van der Waals surface area contributed by atoms with Gasteiger partial charge in [0, 0.05) is 31.6 Å². The van der Waals surface area contributed by atoms with Gasteiger partial charge in [0.25, 0.3) is 5.91 Å². The lowest BCUT2D eigenvalue weighted by Crippen LogP contribution is -2.45. The third-order valence-electron chi connectivity index (χ3n) is 4.69. The smallest absolute Gasteiger partial charge is 0.272 e. The number of aromatic nitrogens is 1. The number of amides is 1. The zero-order valence-electron chi connectivity index (χ0n) is 13.3. The maximum Gasteiger partial charge on any atom is 0.272 e. The van der Waals surface area contributed by atoms with Gasteiger partial charge in [0.05, 0.1) is 5.52 Å². The maximum absolute atomic E-state index is 12.7. The van der Waals surface area contributed by atoms with E-state index in [2.05, 4.69) is 16.8 Å². The largest absolute Gasteiger partial charge is 0.337 e. The van der Waals surface area contributed by atoms with Gasteiger partial charge in [0.15, 0.2) is 0 Å². The first-order chi connectivity index (χ1) is 10.7. The Balaban J connectivity index is 1.74. The van der Waals surface area contributed by atoms with Crippen LogP contribution in [0.15, 0.2) is 36.4 Å². The van der Waals surface area contributed by atoms with Crippen LogP contribution in [0.1, 0.15) is 30.3 Å². The van der Waals surface area contributed by atoms with Crippen LogP contribution < -0.4 is 0 Å². The summed E-state index contributed by atoms with van der Waals surface area (Å²) in [5, 5.41) is 1.07. The molecule has 0 atom stereocenters. The summed E-state index contributed by atoms with van der Waals surface area (Å²) in [6.07, 6.45) is 2.09. The fourth-order valence-electron chi connectivity index (χ4n) is 3.15. The van der Waals surface area contributed by atoms with E-state index in [1.165, 1.54) is 0 Å². The van der Waals surface area contributed by atoms with Gasteiger partial charge in [-0.05, 0) is 31.5 Å². The monoisotopic (exact) mass is 297 g/mol. The lowest BCUT2D eigenvalue weighted by atomic mass is 10.0. The molecule has 0 unspecified atom stereocenters. The summed E-state index contributed by atoms with van der Waals surface area (Å²) in [6.45, 7) is 5.43. The number of rotatable bonds is 3. The number of carbonyl (C=O) groups excluding carboxylic acids is 1. The molecule has 116 valence electrons. The Kier molecular flexibility index (Phi) is 4.39. The minimum atomic E-state index is 0.0284. The molecular weight excluding hydrogens is 274 g/mol. The average molecular weight is 297 g/mol. The first-order valence-corrected chi connectivity index (χ1v) is 8.04. The molecule has 1 saturated heterocycles. The van der Waals surface area contributed by atoms with Crippen molar-refractivity contribution < 1.29 is 4.79 Å². The van der Waals surface area contributed by atoms with Gasteiger partial charge < -0.3 is 9.80 Å². The predicted octanol–water partition coefficient (Wildman–Crippen LogP) is 2.79. The molecule has 0 radical (unpaired) electrons. The molecule has 1 aliphatic rings. The molecule has 2 aromatic rings. The molecule has 0 aliphatic carbocycles. The molecule has 0 saturated carbocycles. The molecule has 2 heterocycles. The molecule has 4 heteroatoms. The molecule has 0 spiro atoms. The highest BCUT2D eigenvalue weighted by Crippen LogP contribution is 2.18. The first-order valence-electron chi connectivity index (χ1n) is 8.04. The topological polar surface area (TPSA) is 36.4 Å². The second-order valence-corrected chi connectivity index (χ2v) is 5.97. The zero-order valence-corrected chi connectivity index (χ0v) is 13.3. The quantitative estimate of drug-likeness (QED) is 0.874. The standard InChI is InChI=1S/C18H23N3O/c1-3-21-12-10-15(11-13-21)20(2)18(22)17-9-8-14-6-4-5-7-16(14)19-17/h4-9,15H,3,10-13H2,1-2H3. The van der Waals surface area contributed by atoms with Gasteiger partial charge in [-0.15, -0.1) is 0 Å². The Morgan fingerprint density at radius 1 is 1.23 bits per heavy atom. The van der Waals surface area contributed by atoms with E-state index in [1.54, 1.807) is 0 Å². The summed E-state index contributed by atoms with van der Waals surface area (Å²) in [5.41, 5.74) is 1.42. The molecule has 4 nitrogen and oxygen atoms in total. The van der Waals surface area contributed by atoms with Gasteiger partial charge in [-0.3, -0.25) is 4.79 Å². The number of hydrogen-bond acceptors (Lipinski definition) is 3. The second kappa shape index (κ2) is 6.44. The molecule has 3 rings (SSSR count). The summed E-state index contributed by atoms with van der Waals surface area (Å²) < 4.78 is 0. The van der Waals surface area contributed by atoms with E-state index in [9.17, 15) is 4.79 Å². The van der Waals surface area contributed by atoms with Crippen molar-refractivity contribution in [1.82, 2.24) is 14.8 Å². The maximum atomic E-state index is 12.7. The summed E-state index contributed by atoms with van der Waals surface area (Å²) in [7, 11) is 1.91. The van der Waals surface area contributed by atoms with E-state index in [1.807, 2.05) is 48.3 Å². The number of carbonyl (C=O) groups is 1. The van der Waals surface area contributed by atoms with Gasteiger partial charge >= 0.3 is 0 Å². The molecule has 1 amide bonds. The molecule has 22 heavy (non-hydrogen) atoms. The van der Waals surface area contributed by atoms with Crippen LogP contribution in [0.4, 0.5) is 0 Å². The van der Waals surface area contributed by atoms with Crippen molar-refractivity contribution in [2.45, 2.75) is 25.8 Å². The lowest BCUT2D eigenvalue weighted by molar-refractivity contribution is 0.0641. The molecule has 1 fully saturated rings. The Morgan fingerprint density at radius 3 is 2.68 bits per heavy atom. The van der Waals surface area contributed by atoms with Gasteiger partial charge in [-0.25, -0.2) is 4.98 Å². The van der Waals surface area contributed by atoms with Crippen molar-refractivity contribution in [1.29, 1.82) is 0 Å². The van der Waals surface area contributed by atoms with Crippen LogP contribution in [0.25, 0.3) is 10.9 Å². The predicted molar refractivity (Wildman–Crippen MR) is 89.0 cm³/mol. The van der Waals surface area contributed by atoms with Gasteiger partial charge in [-0.1, -0.05) is 31.2 Å². The van der Waals surface area contributed by atoms with E-state index in [4.69, 9.17) is 0 Å². The van der Waals surface area contributed by atoms with Crippen molar-refractivity contribution in [3.63, 3.8) is 0 Å². The number of hydrogen-bond donors (Lipinski definition) is 0. The number of benzene rings is 1. The fourth-order valence-corrected chi connectivity index (χ4v) is 3.15. The molecular formula is C18H23N3O. The van der Waals surface area contributed by atoms with E-state index < -0.39 is 0 Å². The van der Waals surface area contributed by atoms with Crippen LogP contribution in [0.2, 0.25) is 0 Å². The van der Waals surface area contributed by atoms with Crippen LogP contribution in [-0.2, 0) is 0 Å². The summed E-state index contributed by atoms with van der Waals surface area (Å²) in [4.78, 5) is 21.5. The SMILES string of the molecule is CCN1CCC(N(C)C(=O)c2ccc3ccccc3n2)CC1. The van der Waals surface area contributed by atoms with E-state index in [0.717, 1.165) is 43.4 Å². The van der Waals surface area contributed by atoms with Crippen molar-refractivity contribution in [2.24, 2.45) is 0 Å². The Labute approximate surface area is 131 Å². The average Bonchev–Trinajstić information content (AvgIpc) is 2.60. The number of pyridine rings is 1. The number of nitrogens with zero attached hydrogens (tertiary/aromatic N) is 3. The Morgan fingerprint density at radius 2 is 1.95 bits per heavy atom. The van der Waals surface area contributed by atoms with Gasteiger partial charge in [0.2, 0.25) is 0 Å². The van der Waals surface area contributed by atoms with Gasteiger partial charge in [0.1, 0.15) is 5.69 Å². The fraction of sp³-hybridized carbons (Fsp3) is 0.444. The number of para-hydroxylation sites is 1. The van der Waals surface area contributed by atoms with Crippen LogP contribution >= 0.6 is 0 Å². The van der Waals surface area contributed by atoms with Crippen molar-refractivity contribution >= 4 is 16.8 Å². The highest BCUT2D eigenvalue weighted by atomic mass is 16.2. The highest BCUT2D eigenvalue weighted by molar-refractivity contribution is 5.94. The lowest BCUT2D eigenvalue weighted by Gasteiger charge is -2.36. The molecule has 1 aliphatic heterocycles. The van der Waals surface area contributed by atoms with E-state index >= 15 is 0 Å². The summed E-state index contributed by atoms with van der Waals surface area (Å²) in [5.74, 6) is 0.0284. The van der Waals surface area contributed by atoms with Crippen molar-refractivity contribution in [3.05, 3.63) is 42.1 Å². The van der Waals surface area contributed by atoms with Crippen LogP contribution in [0.3, 0.4) is 0 Å². The van der Waals surface area contributed by atoms with Crippen LogP contribution in [0.5, 0.6) is 0 Å². The second-order valence-electron chi connectivity index (χ2n) is 5.97. The normalized spacial score (nSPS) is 16.8. The van der Waals surface area contributed by atoms with E-state index in [-0.39, 0.29) is 5.91 Å². The van der Waals surface area contributed by atoms with Crippen LogP contribution in [-0.4, -0.2) is 53.4 Å². The minimum absolute atomic E-state index is 0.0284. The number of likely N-dealkylation sites (tertiary alicyclic amines) is 1. The van der Waals surface area contributed by atoms with Gasteiger partial charge in [-0.2, -0.15) is 0 Å². The number of piperidine rings is 1. The number of fused-ring (bicyclic) bond motifs is 1. The third kappa shape index (κ3) is 2.97. The first kappa shape index (κ1) is 15.0. The van der Waals surface area contributed by atoms with Crippen LogP contribution in [0, 0.1) is 0 Å². The molecule has 1 aromatic heterocycles. The summed E-state index contributed by atoms with van der Waals surface area (Å²) in [6, 6.07) is 12.0. The Bertz CT molecular complexity index is 662. The minimum Gasteiger partial charge on any atom is -0.337 e.